The minimum atomic E-state index is -0.194. The Kier molecular flexibility index (Phi) is 5.63. The standard InChI is InChI=1S/C14H23ClN2OS/c1-3-11(14-16-10(8-15)9-19-14)17(2)12-6-4-5-7-13(12)18/h9,11-13,18H,3-8H2,1-2H3. The van der Waals surface area contributed by atoms with Crippen LogP contribution < -0.4 is 0 Å². The number of hydrogen-bond donors (Lipinski definition) is 1. The van der Waals surface area contributed by atoms with Crippen molar-refractivity contribution < 1.29 is 5.11 Å². The topological polar surface area (TPSA) is 36.4 Å². The number of likely N-dealkylation sites (N-methyl/N-ethyl adjacent to an activating group) is 1. The number of nitrogens with zero attached hydrogens (tertiary/aromatic N) is 2. The number of aromatic nitrogens is 1. The van der Waals surface area contributed by atoms with Gasteiger partial charge >= 0.3 is 0 Å². The van der Waals surface area contributed by atoms with Gasteiger partial charge in [0.25, 0.3) is 0 Å². The van der Waals surface area contributed by atoms with Crippen LogP contribution in [-0.4, -0.2) is 34.2 Å². The molecule has 1 aliphatic carbocycles. The maximum absolute atomic E-state index is 10.2. The average Bonchev–Trinajstić information content (AvgIpc) is 2.88. The van der Waals surface area contributed by atoms with E-state index in [1.165, 1.54) is 6.42 Å². The normalized spacial score (nSPS) is 25.7. The molecule has 19 heavy (non-hydrogen) atoms. The van der Waals surface area contributed by atoms with Gasteiger partial charge in [0.1, 0.15) is 5.01 Å². The molecule has 2 rings (SSSR count). The molecule has 3 unspecified atom stereocenters. The molecule has 5 heteroatoms. The van der Waals surface area contributed by atoms with E-state index in [2.05, 4.69) is 23.9 Å². The monoisotopic (exact) mass is 302 g/mol. The molecule has 108 valence electrons. The maximum Gasteiger partial charge on any atom is 0.110 e. The van der Waals surface area contributed by atoms with Gasteiger partial charge in [-0.05, 0) is 26.3 Å². The van der Waals surface area contributed by atoms with Crippen molar-refractivity contribution in [1.29, 1.82) is 0 Å². The number of hydrogen-bond acceptors (Lipinski definition) is 4. The molecule has 3 atom stereocenters. The van der Waals surface area contributed by atoms with Crippen LogP contribution in [0.5, 0.6) is 0 Å². The third kappa shape index (κ3) is 3.48. The van der Waals surface area contributed by atoms with Crippen molar-refractivity contribution in [2.75, 3.05) is 7.05 Å². The Morgan fingerprint density at radius 1 is 1.53 bits per heavy atom. The SMILES string of the molecule is CCC(c1nc(CCl)cs1)N(C)C1CCCCC1O. The first-order valence-electron chi connectivity index (χ1n) is 7.07. The Balaban J connectivity index is 2.11. The van der Waals surface area contributed by atoms with Crippen LogP contribution in [0.15, 0.2) is 5.38 Å². The number of rotatable bonds is 5. The Morgan fingerprint density at radius 3 is 2.84 bits per heavy atom. The number of alkyl halides is 1. The van der Waals surface area contributed by atoms with Gasteiger partial charge in [-0.1, -0.05) is 19.8 Å². The highest BCUT2D eigenvalue weighted by molar-refractivity contribution is 7.09. The molecule has 1 N–H and O–H groups in total. The van der Waals surface area contributed by atoms with E-state index in [-0.39, 0.29) is 12.1 Å². The highest BCUT2D eigenvalue weighted by Crippen LogP contribution is 2.32. The van der Waals surface area contributed by atoms with E-state index in [9.17, 15) is 5.11 Å². The van der Waals surface area contributed by atoms with Crippen molar-refractivity contribution in [3.63, 3.8) is 0 Å². The number of aliphatic hydroxyl groups excluding tert-OH is 1. The van der Waals surface area contributed by atoms with E-state index < -0.39 is 0 Å². The second-order valence-corrected chi connectivity index (χ2v) is 6.48. The lowest BCUT2D eigenvalue weighted by Crippen LogP contribution is -2.44. The van der Waals surface area contributed by atoms with Crippen molar-refractivity contribution in [2.24, 2.45) is 0 Å². The van der Waals surface area contributed by atoms with Crippen LogP contribution in [0.2, 0.25) is 0 Å². The quantitative estimate of drug-likeness (QED) is 0.845. The van der Waals surface area contributed by atoms with Gasteiger partial charge in [0, 0.05) is 11.4 Å². The highest BCUT2D eigenvalue weighted by atomic mass is 35.5. The summed E-state index contributed by atoms with van der Waals surface area (Å²) in [6, 6.07) is 0.557. The van der Waals surface area contributed by atoms with E-state index in [0.717, 1.165) is 36.4 Å². The zero-order chi connectivity index (χ0) is 13.8. The van der Waals surface area contributed by atoms with Crippen LogP contribution in [0.4, 0.5) is 0 Å². The Hall–Kier alpha value is -0.160. The number of halogens is 1. The Bertz CT molecular complexity index is 399. The summed E-state index contributed by atoms with van der Waals surface area (Å²) in [6.07, 6.45) is 5.19. The molecule has 0 saturated heterocycles. The van der Waals surface area contributed by atoms with Crippen molar-refractivity contribution in [2.45, 2.75) is 63.1 Å². The van der Waals surface area contributed by atoms with E-state index in [4.69, 9.17) is 11.6 Å². The summed E-state index contributed by atoms with van der Waals surface area (Å²) >= 11 is 7.51. The van der Waals surface area contributed by atoms with Crippen LogP contribution >= 0.6 is 22.9 Å². The third-order valence-electron chi connectivity index (χ3n) is 4.09. The minimum Gasteiger partial charge on any atom is -0.391 e. The lowest BCUT2D eigenvalue weighted by Gasteiger charge is -2.39. The molecule has 1 aromatic heterocycles. The second-order valence-electron chi connectivity index (χ2n) is 5.32. The summed E-state index contributed by atoms with van der Waals surface area (Å²) in [6.45, 7) is 2.18. The fourth-order valence-electron chi connectivity index (χ4n) is 2.97. The van der Waals surface area contributed by atoms with Crippen LogP contribution in [0, 0.1) is 0 Å². The highest BCUT2D eigenvalue weighted by Gasteiger charge is 2.31. The van der Waals surface area contributed by atoms with Crippen molar-refractivity contribution in [3.8, 4) is 0 Å². The molecule has 0 aromatic carbocycles. The molecule has 0 spiro atoms. The lowest BCUT2D eigenvalue weighted by molar-refractivity contribution is 0.0112. The van der Waals surface area contributed by atoms with Gasteiger partial charge in [0.05, 0.1) is 23.7 Å². The largest absolute Gasteiger partial charge is 0.391 e. The molecule has 1 heterocycles. The minimum absolute atomic E-state index is 0.194. The van der Waals surface area contributed by atoms with Gasteiger partial charge in [-0.3, -0.25) is 4.90 Å². The zero-order valence-corrected chi connectivity index (χ0v) is 13.3. The molecule has 3 nitrogen and oxygen atoms in total. The smallest absolute Gasteiger partial charge is 0.110 e. The van der Waals surface area contributed by atoms with Crippen LogP contribution in [-0.2, 0) is 5.88 Å². The second kappa shape index (κ2) is 7.02. The molecule has 0 amide bonds. The third-order valence-corrected chi connectivity index (χ3v) is 5.36. The van der Waals surface area contributed by atoms with Gasteiger partial charge in [0.2, 0.25) is 0 Å². The fraction of sp³-hybridized carbons (Fsp3) is 0.786. The first kappa shape index (κ1) is 15.2. The summed E-state index contributed by atoms with van der Waals surface area (Å²) in [4.78, 5) is 6.92. The Morgan fingerprint density at radius 2 is 2.26 bits per heavy atom. The van der Waals surface area contributed by atoms with Crippen molar-refractivity contribution in [3.05, 3.63) is 16.1 Å². The number of thiazole rings is 1. The summed E-state index contributed by atoms with van der Waals surface area (Å²) in [5.74, 6) is 0.475. The van der Waals surface area contributed by atoms with Crippen molar-refractivity contribution >= 4 is 22.9 Å². The summed E-state index contributed by atoms with van der Waals surface area (Å²) in [5, 5.41) is 13.4. The predicted molar refractivity (Wildman–Crippen MR) is 80.7 cm³/mol. The van der Waals surface area contributed by atoms with Gasteiger partial charge < -0.3 is 5.11 Å². The van der Waals surface area contributed by atoms with E-state index in [0.29, 0.717) is 11.9 Å². The zero-order valence-electron chi connectivity index (χ0n) is 11.7. The predicted octanol–water partition coefficient (Wildman–Crippen LogP) is 3.57. The molecule has 1 fully saturated rings. The summed E-state index contributed by atoms with van der Waals surface area (Å²) in [7, 11) is 2.12. The maximum atomic E-state index is 10.2. The molecule has 0 aliphatic heterocycles. The molecule has 1 aliphatic rings. The lowest BCUT2D eigenvalue weighted by atomic mass is 9.90. The van der Waals surface area contributed by atoms with Crippen LogP contribution in [0.3, 0.4) is 0 Å². The Labute approximate surface area is 124 Å². The first-order chi connectivity index (χ1) is 9.17. The molecule has 1 aromatic rings. The summed E-state index contributed by atoms with van der Waals surface area (Å²) < 4.78 is 0. The van der Waals surface area contributed by atoms with Gasteiger partial charge in [-0.25, -0.2) is 4.98 Å². The summed E-state index contributed by atoms with van der Waals surface area (Å²) in [5.41, 5.74) is 0.956. The van der Waals surface area contributed by atoms with E-state index >= 15 is 0 Å². The fourth-order valence-corrected chi connectivity index (χ4v) is 4.25. The van der Waals surface area contributed by atoms with Gasteiger partial charge in [-0.2, -0.15) is 0 Å². The van der Waals surface area contributed by atoms with Crippen LogP contribution in [0.1, 0.15) is 55.8 Å². The van der Waals surface area contributed by atoms with E-state index in [1.807, 2.05) is 5.38 Å². The van der Waals surface area contributed by atoms with Crippen LogP contribution in [0.25, 0.3) is 0 Å². The van der Waals surface area contributed by atoms with Gasteiger partial charge in [-0.15, -0.1) is 22.9 Å². The number of aliphatic hydroxyl groups is 1. The molecular formula is C14H23ClN2OS. The molecule has 0 radical (unpaired) electrons. The van der Waals surface area contributed by atoms with Gasteiger partial charge in [0.15, 0.2) is 0 Å². The van der Waals surface area contributed by atoms with E-state index in [1.54, 1.807) is 11.3 Å². The molecule has 0 bridgehead atoms. The average molecular weight is 303 g/mol. The first-order valence-corrected chi connectivity index (χ1v) is 8.49. The van der Waals surface area contributed by atoms with Crippen molar-refractivity contribution in [1.82, 2.24) is 9.88 Å². The molecule has 1 saturated carbocycles. The molecular weight excluding hydrogens is 280 g/mol.